The molecule has 0 aliphatic rings. The summed E-state index contributed by atoms with van der Waals surface area (Å²) < 4.78 is 2.80. The number of anilines is 1. The van der Waals surface area contributed by atoms with Crippen molar-refractivity contribution in [3.8, 4) is 0 Å². The number of benzene rings is 1. The zero-order chi connectivity index (χ0) is 12.6. The molecule has 3 nitrogen and oxygen atoms in total. The van der Waals surface area contributed by atoms with Crippen molar-refractivity contribution in [1.82, 2.24) is 9.78 Å². The lowest BCUT2D eigenvalue weighted by atomic mass is 10.1. The van der Waals surface area contributed by atoms with E-state index in [0.717, 1.165) is 15.7 Å². The molecule has 0 fully saturated rings. The molecule has 90 valence electrons. The molecule has 17 heavy (non-hydrogen) atoms. The normalized spacial score (nSPS) is 10.8. The lowest BCUT2D eigenvalue weighted by Crippen LogP contribution is -2.06. The summed E-state index contributed by atoms with van der Waals surface area (Å²) in [4.78, 5) is 0. The van der Waals surface area contributed by atoms with Crippen LogP contribution in [0.25, 0.3) is 0 Å². The number of nitrogens with two attached hydrogens (primary N) is 1. The maximum Gasteiger partial charge on any atom is 0.141 e. The van der Waals surface area contributed by atoms with Gasteiger partial charge in [-0.15, -0.1) is 0 Å². The monoisotopic (exact) mass is 313 g/mol. The van der Waals surface area contributed by atoms with Crippen molar-refractivity contribution in [3.05, 3.63) is 44.5 Å². The maximum atomic E-state index is 6.00. The molecule has 0 saturated heterocycles. The number of nitrogens with zero attached hydrogens (tertiary/aromatic N) is 2. The second kappa shape index (κ2) is 4.70. The molecule has 0 atom stereocenters. The van der Waals surface area contributed by atoms with Crippen LogP contribution in [0.5, 0.6) is 0 Å². The van der Waals surface area contributed by atoms with Crippen molar-refractivity contribution < 1.29 is 0 Å². The standard InChI is InChI=1S/C12H13BrClN3/c1-7-3-4-9(5-10(7)13)6-17-12(15)11(14)8(2)16-17/h3-5H,6,15H2,1-2H3. The van der Waals surface area contributed by atoms with E-state index in [4.69, 9.17) is 17.3 Å². The van der Waals surface area contributed by atoms with Crippen molar-refractivity contribution in [2.24, 2.45) is 0 Å². The summed E-state index contributed by atoms with van der Waals surface area (Å²) in [5, 5.41) is 4.84. The zero-order valence-corrected chi connectivity index (χ0v) is 12.0. The molecule has 0 saturated carbocycles. The third kappa shape index (κ3) is 2.48. The topological polar surface area (TPSA) is 43.8 Å². The van der Waals surface area contributed by atoms with Crippen molar-refractivity contribution in [3.63, 3.8) is 0 Å². The summed E-state index contributed by atoms with van der Waals surface area (Å²) in [7, 11) is 0. The highest BCUT2D eigenvalue weighted by Gasteiger charge is 2.10. The van der Waals surface area contributed by atoms with Crippen LogP contribution in [-0.4, -0.2) is 9.78 Å². The largest absolute Gasteiger partial charge is 0.383 e. The molecule has 0 unspecified atom stereocenters. The fourth-order valence-electron chi connectivity index (χ4n) is 1.61. The average Bonchev–Trinajstić information content (AvgIpc) is 2.52. The smallest absolute Gasteiger partial charge is 0.141 e. The molecular formula is C12H13BrClN3. The molecule has 2 rings (SSSR count). The molecule has 0 spiro atoms. The van der Waals surface area contributed by atoms with Gasteiger partial charge in [0, 0.05) is 4.47 Å². The van der Waals surface area contributed by atoms with Crippen LogP contribution in [0.1, 0.15) is 16.8 Å². The predicted molar refractivity (Wildman–Crippen MR) is 74.4 cm³/mol. The van der Waals surface area contributed by atoms with Gasteiger partial charge in [-0.05, 0) is 31.0 Å². The molecule has 2 aromatic rings. The quantitative estimate of drug-likeness (QED) is 0.921. The van der Waals surface area contributed by atoms with Crippen molar-refractivity contribution in [1.29, 1.82) is 0 Å². The molecule has 0 radical (unpaired) electrons. The highest BCUT2D eigenvalue weighted by Crippen LogP contribution is 2.24. The number of nitrogen functional groups attached to an aromatic ring is 1. The van der Waals surface area contributed by atoms with E-state index in [1.165, 1.54) is 5.56 Å². The van der Waals surface area contributed by atoms with Crippen LogP contribution >= 0.6 is 27.5 Å². The van der Waals surface area contributed by atoms with Crippen LogP contribution in [0.2, 0.25) is 5.02 Å². The van der Waals surface area contributed by atoms with Crippen LogP contribution in [0.4, 0.5) is 5.82 Å². The molecular weight excluding hydrogens is 302 g/mol. The minimum atomic E-state index is 0.515. The average molecular weight is 315 g/mol. The van der Waals surface area contributed by atoms with E-state index < -0.39 is 0 Å². The first-order chi connectivity index (χ1) is 7.99. The van der Waals surface area contributed by atoms with Crippen LogP contribution in [-0.2, 0) is 6.54 Å². The van der Waals surface area contributed by atoms with Gasteiger partial charge in [-0.3, -0.25) is 0 Å². The van der Waals surface area contributed by atoms with Gasteiger partial charge in [0.1, 0.15) is 10.8 Å². The number of hydrogen-bond acceptors (Lipinski definition) is 2. The minimum absolute atomic E-state index is 0.515. The third-order valence-electron chi connectivity index (χ3n) is 2.66. The fourth-order valence-corrected chi connectivity index (χ4v) is 2.17. The van der Waals surface area contributed by atoms with E-state index in [-0.39, 0.29) is 0 Å². The predicted octanol–water partition coefficient (Wildman–Crippen LogP) is 3.55. The Labute approximate surface area is 114 Å². The van der Waals surface area contributed by atoms with Gasteiger partial charge in [-0.1, -0.05) is 39.7 Å². The molecule has 2 N–H and O–H groups in total. The van der Waals surface area contributed by atoms with E-state index >= 15 is 0 Å². The number of hydrogen-bond donors (Lipinski definition) is 1. The highest BCUT2D eigenvalue weighted by atomic mass is 79.9. The Balaban J connectivity index is 2.31. The molecule has 1 heterocycles. The molecule has 1 aromatic carbocycles. The summed E-state index contributed by atoms with van der Waals surface area (Å²) in [5.74, 6) is 0.515. The van der Waals surface area contributed by atoms with Gasteiger partial charge in [0.2, 0.25) is 0 Å². The van der Waals surface area contributed by atoms with E-state index in [0.29, 0.717) is 17.4 Å². The summed E-state index contributed by atoms with van der Waals surface area (Å²) >= 11 is 9.51. The Bertz CT molecular complexity index is 563. The van der Waals surface area contributed by atoms with Gasteiger partial charge < -0.3 is 5.73 Å². The van der Waals surface area contributed by atoms with Gasteiger partial charge in [0.05, 0.1) is 12.2 Å². The van der Waals surface area contributed by atoms with Crippen LogP contribution in [0, 0.1) is 13.8 Å². The van der Waals surface area contributed by atoms with E-state index in [1.807, 2.05) is 6.92 Å². The van der Waals surface area contributed by atoms with Crippen LogP contribution < -0.4 is 5.73 Å². The number of aryl methyl sites for hydroxylation is 2. The maximum absolute atomic E-state index is 6.00. The second-order valence-corrected chi connectivity index (χ2v) is 5.26. The van der Waals surface area contributed by atoms with Gasteiger partial charge in [0.25, 0.3) is 0 Å². The lowest BCUT2D eigenvalue weighted by molar-refractivity contribution is 0.689. The first kappa shape index (κ1) is 12.5. The van der Waals surface area contributed by atoms with Crippen molar-refractivity contribution in [2.75, 3.05) is 5.73 Å². The third-order valence-corrected chi connectivity index (χ3v) is 3.98. The summed E-state index contributed by atoms with van der Waals surface area (Å²) in [6.07, 6.45) is 0. The number of aromatic nitrogens is 2. The highest BCUT2D eigenvalue weighted by molar-refractivity contribution is 9.10. The molecule has 0 aliphatic heterocycles. The number of halogens is 2. The zero-order valence-electron chi connectivity index (χ0n) is 9.67. The fraction of sp³-hybridized carbons (Fsp3) is 0.250. The van der Waals surface area contributed by atoms with Gasteiger partial charge in [-0.2, -0.15) is 5.10 Å². The molecule has 1 aromatic heterocycles. The molecule has 0 amide bonds. The van der Waals surface area contributed by atoms with Crippen LogP contribution in [0.3, 0.4) is 0 Å². The van der Waals surface area contributed by atoms with E-state index in [9.17, 15) is 0 Å². The van der Waals surface area contributed by atoms with Gasteiger partial charge in [0.15, 0.2) is 0 Å². The lowest BCUT2D eigenvalue weighted by Gasteiger charge is -2.06. The Kier molecular flexibility index (Phi) is 3.45. The first-order valence-electron chi connectivity index (χ1n) is 5.22. The summed E-state index contributed by atoms with van der Waals surface area (Å²) in [5.41, 5.74) is 8.97. The van der Waals surface area contributed by atoms with Crippen molar-refractivity contribution in [2.45, 2.75) is 20.4 Å². The van der Waals surface area contributed by atoms with E-state index in [1.54, 1.807) is 4.68 Å². The first-order valence-corrected chi connectivity index (χ1v) is 6.39. The SMILES string of the molecule is Cc1ccc(Cn2nc(C)c(Cl)c2N)cc1Br. The second-order valence-electron chi connectivity index (χ2n) is 4.03. The minimum Gasteiger partial charge on any atom is -0.383 e. The van der Waals surface area contributed by atoms with Crippen molar-refractivity contribution >= 4 is 33.3 Å². The van der Waals surface area contributed by atoms with Gasteiger partial charge in [-0.25, -0.2) is 4.68 Å². The molecule has 5 heteroatoms. The van der Waals surface area contributed by atoms with E-state index in [2.05, 4.69) is 46.2 Å². The Morgan fingerprint density at radius 3 is 2.65 bits per heavy atom. The Morgan fingerprint density at radius 1 is 1.41 bits per heavy atom. The number of rotatable bonds is 2. The Morgan fingerprint density at radius 2 is 2.12 bits per heavy atom. The summed E-state index contributed by atoms with van der Waals surface area (Å²) in [6.45, 7) is 4.52. The Hall–Kier alpha value is -1.000. The van der Waals surface area contributed by atoms with Crippen LogP contribution in [0.15, 0.2) is 22.7 Å². The molecule has 0 aliphatic carbocycles. The summed E-state index contributed by atoms with van der Waals surface area (Å²) in [6, 6.07) is 6.19. The molecule has 0 bridgehead atoms. The van der Waals surface area contributed by atoms with Gasteiger partial charge >= 0.3 is 0 Å².